The van der Waals surface area contributed by atoms with Gasteiger partial charge < -0.3 is 5.32 Å². The number of hydrogen-bond donors (Lipinski definition) is 1. The number of anilines is 1. The van der Waals surface area contributed by atoms with Crippen molar-refractivity contribution in [3.63, 3.8) is 0 Å². The lowest BCUT2D eigenvalue weighted by molar-refractivity contribution is -0.115. The Hall–Kier alpha value is -2.72. The average molecular weight is 394 g/mol. The molecule has 3 aromatic rings. The van der Waals surface area contributed by atoms with E-state index < -0.39 is 4.83 Å². The predicted molar refractivity (Wildman–Crippen MR) is 103 cm³/mol. The number of carbonyl (C=O) groups excluding carboxylic acids is 2. The van der Waals surface area contributed by atoms with E-state index in [0.29, 0.717) is 16.8 Å². The van der Waals surface area contributed by atoms with Crippen LogP contribution in [-0.2, 0) is 4.79 Å². The first-order valence-electron chi connectivity index (χ1n) is 7.85. The van der Waals surface area contributed by atoms with Crippen LogP contribution in [0.2, 0.25) is 0 Å². The lowest BCUT2D eigenvalue weighted by Gasteiger charge is -2.14. The van der Waals surface area contributed by atoms with Gasteiger partial charge in [-0.2, -0.15) is 0 Å². The number of benzene rings is 3. The molecule has 3 aromatic carbocycles. The van der Waals surface area contributed by atoms with Gasteiger partial charge in [-0.05, 0) is 17.7 Å². The fourth-order valence-electron chi connectivity index (χ4n) is 2.50. The van der Waals surface area contributed by atoms with E-state index in [2.05, 4.69) is 21.2 Å². The van der Waals surface area contributed by atoms with E-state index in [1.165, 1.54) is 0 Å². The number of ketones is 1. The van der Waals surface area contributed by atoms with Crippen LogP contribution in [0, 0.1) is 0 Å². The zero-order valence-corrected chi connectivity index (χ0v) is 14.9. The van der Waals surface area contributed by atoms with Crippen molar-refractivity contribution in [3.8, 4) is 0 Å². The van der Waals surface area contributed by atoms with Gasteiger partial charge in [-0.3, -0.25) is 9.59 Å². The van der Waals surface area contributed by atoms with Gasteiger partial charge in [0.1, 0.15) is 4.83 Å². The van der Waals surface area contributed by atoms with Gasteiger partial charge in [0.15, 0.2) is 5.78 Å². The van der Waals surface area contributed by atoms with Crippen molar-refractivity contribution in [3.05, 3.63) is 102 Å². The summed E-state index contributed by atoms with van der Waals surface area (Å²) in [6, 6.07) is 25.5. The lowest BCUT2D eigenvalue weighted by atomic mass is 10.0. The Morgan fingerprint density at radius 2 is 1.32 bits per heavy atom. The van der Waals surface area contributed by atoms with E-state index in [0.717, 1.165) is 5.56 Å². The Bertz CT molecular complexity index is 879. The van der Waals surface area contributed by atoms with Crippen molar-refractivity contribution in [1.29, 1.82) is 0 Å². The molecule has 0 heterocycles. The molecule has 0 spiro atoms. The van der Waals surface area contributed by atoms with Crippen molar-refractivity contribution < 1.29 is 9.59 Å². The number of nitrogens with one attached hydrogen (secondary N) is 1. The molecule has 1 amide bonds. The Labute approximate surface area is 154 Å². The molecule has 0 saturated heterocycles. The third-order valence-corrected chi connectivity index (χ3v) is 4.73. The summed E-state index contributed by atoms with van der Waals surface area (Å²) in [4.78, 5) is 24.8. The standard InChI is InChI=1S/C21H16BrNO2/c22-19(15-9-3-1-4-10-15)21(25)23-18-14-8-7-13-17(18)20(24)16-11-5-2-6-12-16/h1-14,19H,(H,23,25). The van der Waals surface area contributed by atoms with E-state index in [9.17, 15) is 9.59 Å². The van der Waals surface area contributed by atoms with E-state index in [1.54, 1.807) is 36.4 Å². The quantitative estimate of drug-likeness (QED) is 0.490. The molecule has 0 aromatic heterocycles. The smallest absolute Gasteiger partial charge is 0.242 e. The van der Waals surface area contributed by atoms with Gasteiger partial charge >= 0.3 is 0 Å². The summed E-state index contributed by atoms with van der Waals surface area (Å²) in [6.45, 7) is 0. The van der Waals surface area contributed by atoms with Crippen molar-refractivity contribution in [2.75, 3.05) is 5.32 Å². The molecule has 1 N–H and O–H groups in total. The largest absolute Gasteiger partial charge is 0.324 e. The van der Waals surface area contributed by atoms with Crippen molar-refractivity contribution in [2.24, 2.45) is 0 Å². The SMILES string of the molecule is O=C(c1ccccc1)c1ccccc1NC(=O)C(Br)c1ccccc1. The van der Waals surface area contributed by atoms with Gasteiger partial charge in [-0.1, -0.05) is 88.7 Å². The molecule has 0 aliphatic carbocycles. The average Bonchev–Trinajstić information content (AvgIpc) is 2.68. The summed E-state index contributed by atoms with van der Waals surface area (Å²) < 4.78 is 0. The molecule has 4 heteroatoms. The number of rotatable bonds is 5. The number of halogens is 1. The lowest BCUT2D eigenvalue weighted by Crippen LogP contribution is -2.19. The number of alkyl halides is 1. The van der Waals surface area contributed by atoms with Crippen molar-refractivity contribution in [1.82, 2.24) is 0 Å². The van der Waals surface area contributed by atoms with Crippen molar-refractivity contribution >= 4 is 33.3 Å². The third-order valence-electron chi connectivity index (χ3n) is 3.79. The van der Waals surface area contributed by atoms with Gasteiger partial charge in [0.25, 0.3) is 0 Å². The van der Waals surface area contributed by atoms with Crippen LogP contribution in [-0.4, -0.2) is 11.7 Å². The number of hydrogen-bond acceptors (Lipinski definition) is 2. The van der Waals surface area contributed by atoms with E-state index in [-0.39, 0.29) is 11.7 Å². The number of amides is 1. The number of para-hydroxylation sites is 1. The molecule has 1 atom stereocenters. The normalized spacial score (nSPS) is 11.6. The highest BCUT2D eigenvalue weighted by Crippen LogP contribution is 2.26. The molecule has 3 rings (SSSR count). The summed E-state index contributed by atoms with van der Waals surface area (Å²) in [5.41, 5.74) is 2.41. The van der Waals surface area contributed by atoms with E-state index in [1.807, 2.05) is 48.5 Å². The summed E-state index contributed by atoms with van der Waals surface area (Å²) in [7, 11) is 0. The molecule has 124 valence electrons. The Balaban J connectivity index is 1.84. The Morgan fingerprint density at radius 3 is 2.00 bits per heavy atom. The fourth-order valence-corrected chi connectivity index (χ4v) is 2.92. The minimum atomic E-state index is -0.492. The first-order chi connectivity index (χ1) is 12.2. The molecule has 0 aliphatic heterocycles. The van der Waals surface area contributed by atoms with Crippen LogP contribution in [0.4, 0.5) is 5.69 Å². The molecule has 0 radical (unpaired) electrons. The second-order valence-corrected chi connectivity index (χ2v) is 6.42. The summed E-state index contributed by atoms with van der Waals surface area (Å²) in [6.07, 6.45) is 0. The maximum atomic E-state index is 12.7. The topological polar surface area (TPSA) is 46.2 Å². The molecular weight excluding hydrogens is 378 g/mol. The maximum absolute atomic E-state index is 12.7. The molecule has 0 bridgehead atoms. The summed E-state index contributed by atoms with van der Waals surface area (Å²) >= 11 is 3.42. The minimum Gasteiger partial charge on any atom is -0.324 e. The first-order valence-corrected chi connectivity index (χ1v) is 8.77. The summed E-state index contributed by atoms with van der Waals surface area (Å²) in [5, 5.41) is 2.85. The molecule has 3 nitrogen and oxygen atoms in total. The highest BCUT2D eigenvalue weighted by Gasteiger charge is 2.20. The molecule has 25 heavy (non-hydrogen) atoms. The molecule has 0 fully saturated rings. The second kappa shape index (κ2) is 7.90. The van der Waals surface area contributed by atoms with Gasteiger partial charge in [0, 0.05) is 11.1 Å². The van der Waals surface area contributed by atoms with Crippen LogP contribution in [0.1, 0.15) is 26.3 Å². The maximum Gasteiger partial charge on any atom is 0.242 e. The highest BCUT2D eigenvalue weighted by atomic mass is 79.9. The fraction of sp³-hybridized carbons (Fsp3) is 0.0476. The Kier molecular flexibility index (Phi) is 5.41. The minimum absolute atomic E-state index is 0.123. The van der Waals surface area contributed by atoms with Gasteiger partial charge in [-0.25, -0.2) is 0 Å². The number of carbonyl (C=O) groups is 2. The van der Waals surface area contributed by atoms with Crippen molar-refractivity contribution in [2.45, 2.75) is 4.83 Å². The zero-order valence-electron chi connectivity index (χ0n) is 13.4. The van der Waals surface area contributed by atoms with E-state index in [4.69, 9.17) is 0 Å². The molecule has 0 saturated carbocycles. The van der Waals surface area contributed by atoms with Crippen LogP contribution >= 0.6 is 15.9 Å². The monoisotopic (exact) mass is 393 g/mol. The van der Waals surface area contributed by atoms with Gasteiger partial charge in [0.05, 0.1) is 5.69 Å². The highest BCUT2D eigenvalue weighted by molar-refractivity contribution is 9.09. The van der Waals surface area contributed by atoms with Gasteiger partial charge in [-0.15, -0.1) is 0 Å². The van der Waals surface area contributed by atoms with E-state index >= 15 is 0 Å². The summed E-state index contributed by atoms with van der Waals surface area (Å²) in [5.74, 6) is -0.346. The predicted octanol–water partition coefficient (Wildman–Crippen LogP) is 4.99. The first kappa shape index (κ1) is 17.1. The Morgan fingerprint density at radius 1 is 0.760 bits per heavy atom. The molecular formula is C21H16BrNO2. The van der Waals surface area contributed by atoms with Gasteiger partial charge in [0.2, 0.25) is 5.91 Å². The molecule has 1 unspecified atom stereocenters. The third kappa shape index (κ3) is 4.03. The van der Waals surface area contributed by atoms with Crippen LogP contribution in [0.25, 0.3) is 0 Å². The van der Waals surface area contributed by atoms with Crippen LogP contribution < -0.4 is 5.32 Å². The van der Waals surface area contributed by atoms with Crippen LogP contribution in [0.3, 0.4) is 0 Å². The molecule has 0 aliphatic rings. The van der Waals surface area contributed by atoms with Crippen LogP contribution in [0.5, 0.6) is 0 Å². The zero-order chi connectivity index (χ0) is 17.6. The van der Waals surface area contributed by atoms with Crippen LogP contribution in [0.15, 0.2) is 84.9 Å². The second-order valence-electron chi connectivity index (χ2n) is 5.50.